The maximum absolute atomic E-state index is 12.3. The monoisotopic (exact) mass is 320 g/mol. The first-order chi connectivity index (χ1) is 11.6. The number of nitrogens with zero attached hydrogens (tertiary/aromatic N) is 4. The van der Waals surface area contributed by atoms with E-state index in [0.29, 0.717) is 28.7 Å². The number of carbonyl (C=O) groups excluding carboxylic acids is 1. The van der Waals surface area contributed by atoms with Crippen LogP contribution in [0.25, 0.3) is 5.65 Å². The molecule has 0 amide bonds. The average Bonchev–Trinajstić information content (AvgIpc) is 2.94. The third-order valence-corrected chi connectivity index (χ3v) is 4.21. The van der Waals surface area contributed by atoms with Crippen LogP contribution in [0.15, 0.2) is 48.0 Å². The second-order valence-corrected chi connectivity index (χ2v) is 5.86. The molecule has 6 heteroatoms. The predicted octanol–water partition coefficient (Wildman–Crippen LogP) is 2.82. The number of allylic oxidation sites excluding steroid dienone is 2. The minimum Gasteiger partial charge on any atom is -0.443 e. The smallest absolute Gasteiger partial charge is 0.228 e. The molecule has 120 valence electrons. The molecule has 0 aliphatic carbocycles. The molecule has 3 aromatic rings. The quantitative estimate of drug-likeness (QED) is 0.726. The van der Waals surface area contributed by atoms with Gasteiger partial charge in [-0.15, -0.1) is 0 Å². The minimum atomic E-state index is -0.271. The Hall–Kier alpha value is -3.02. The van der Waals surface area contributed by atoms with Crippen LogP contribution in [0.5, 0.6) is 5.88 Å². The van der Waals surface area contributed by atoms with Crippen LogP contribution in [-0.4, -0.2) is 25.4 Å². The van der Waals surface area contributed by atoms with Gasteiger partial charge in [0.2, 0.25) is 5.88 Å². The van der Waals surface area contributed by atoms with E-state index in [1.54, 1.807) is 24.7 Å². The molecule has 4 rings (SSSR count). The fourth-order valence-corrected chi connectivity index (χ4v) is 3.28. The van der Waals surface area contributed by atoms with Crippen molar-refractivity contribution in [2.45, 2.75) is 26.7 Å². The van der Waals surface area contributed by atoms with Crippen LogP contribution in [0.1, 0.15) is 36.7 Å². The Kier molecular flexibility index (Phi) is 3.19. The summed E-state index contributed by atoms with van der Waals surface area (Å²) in [6.45, 7) is 5.19. The molecule has 0 radical (unpaired) electrons. The van der Waals surface area contributed by atoms with Gasteiger partial charge in [0.15, 0.2) is 11.4 Å². The standard InChI is InChI=1S/C18H16N4O2/c1-10(23)14-11(2)24-18-16(15(14)13-7-5-4-6-8-13)17-20-12(3)21-22(17)9-19-18/h4-9,15H,1-3H3/t15-/m0/s1. The summed E-state index contributed by atoms with van der Waals surface area (Å²) < 4.78 is 7.47. The van der Waals surface area contributed by atoms with E-state index in [1.807, 2.05) is 37.3 Å². The Balaban J connectivity index is 2.07. The zero-order valence-corrected chi connectivity index (χ0v) is 13.6. The summed E-state index contributed by atoms with van der Waals surface area (Å²) in [6, 6.07) is 9.87. The lowest BCUT2D eigenvalue weighted by molar-refractivity contribution is -0.114. The molecule has 0 fully saturated rings. The number of ether oxygens (including phenoxy) is 1. The SMILES string of the molecule is CC(=O)C1=C(C)Oc2ncn3nc(C)nc3c2[C@H]1c1ccccc1. The highest BCUT2D eigenvalue weighted by atomic mass is 16.5. The molecular weight excluding hydrogens is 304 g/mol. The summed E-state index contributed by atoms with van der Waals surface area (Å²) in [5.41, 5.74) is 3.07. The normalized spacial score (nSPS) is 16.9. The zero-order chi connectivity index (χ0) is 16.8. The molecule has 0 saturated heterocycles. The number of aromatic nitrogens is 4. The van der Waals surface area contributed by atoms with E-state index in [2.05, 4.69) is 15.1 Å². The number of Topliss-reactive ketones (excluding diaryl/α,β-unsaturated/α-hetero) is 1. The summed E-state index contributed by atoms with van der Waals surface area (Å²) >= 11 is 0. The number of hydrogen-bond donors (Lipinski definition) is 0. The van der Waals surface area contributed by atoms with Crippen molar-refractivity contribution in [2.24, 2.45) is 0 Å². The molecule has 0 N–H and O–H groups in total. The Bertz CT molecular complexity index is 989. The van der Waals surface area contributed by atoms with Gasteiger partial charge in [-0.05, 0) is 26.3 Å². The molecule has 1 aliphatic rings. The number of carbonyl (C=O) groups is 1. The van der Waals surface area contributed by atoms with Crippen molar-refractivity contribution in [3.63, 3.8) is 0 Å². The van der Waals surface area contributed by atoms with E-state index in [1.165, 1.54) is 0 Å². The summed E-state index contributed by atoms with van der Waals surface area (Å²) in [4.78, 5) is 21.2. The number of ketones is 1. The van der Waals surface area contributed by atoms with Gasteiger partial charge in [-0.2, -0.15) is 5.10 Å². The average molecular weight is 320 g/mol. The van der Waals surface area contributed by atoms with E-state index in [-0.39, 0.29) is 11.7 Å². The van der Waals surface area contributed by atoms with E-state index in [4.69, 9.17) is 4.74 Å². The molecule has 24 heavy (non-hydrogen) atoms. The Morgan fingerprint density at radius 2 is 1.96 bits per heavy atom. The van der Waals surface area contributed by atoms with Crippen molar-refractivity contribution in [3.8, 4) is 5.88 Å². The highest BCUT2D eigenvalue weighted by Gasteiger charge is 2.35. The van der Waals surface area contributed by atoms with Crippen LogP contribution in [0.3, 0.4) is 0 Å². The highest BCUT2D eigenvalue weighted by Crippen LogP contribution is 2.43. The van der Waals surface area contributed by atoms with Crippen molar-refractivity contribution in [2.75, 3.05) is 0 Å². The van der Waals surface area contributed by atoms with Gasteiger partial charge < -0.3 is 4.74 Å². The Labute approximate surface area is 138 Å². The Morgan fingerprint density at radius 3 is 2.67 bits per heavy atom. The van der Waals surface area contributed by atoms with Gasteiger partial charge in [-0.1, -0.05) is 30.3 Å². The van der Waals surface area contributed by atoms with Crippen LogP contribution >= 0.6 is 0 Å². The molecule has 2 aromatic heterocycles. The van der Waals surface area contributed by atoms with E-state index in [0.717, 1.165) is 11.1 Å². The lowest BCUT2D eigenvalue weighted by Crippen LogP contribution is -2.22. The molecule has 1 aliphatic heterocycles. The number of fused-ring (bicyclic) bond motifs is 3. The maximum atomic E-state index is 12.3. The number of hydrogen-bond acceptors (Lipinski definition) is 5. The molecule has 6 nitrogen and oxygen atoms in total. The molecule has 1 aromatic carbocycles. The van der Waals surface area contributed by atoms with Gasteiger partial charge in [0, 0.05) is 11.5 Å². The van der Waals surface area contributed by atoms with Crippen molar-refractivity contribution < 1.29 is 9.53 Å². The second-order valence-electron chi connectivity index (χ2n) is 5.86. The van der Waals surface area contributed by atoms with Crippen LogP contribution in [0.4, 0.5) is 0 Å². The van der Waals surface area contributed by atoms with Crippen molar-refractivity contribution in [3.05, 3.63) is 64.9 Å². The van der Waals surface area contributed by atoms with Gasteiger partial charge in [0.05, 0.1) is 5.56 Å². The molecule has 0 saturated carbocycles. The van der Waals surface area contributed by atoms with Crippen LogP contribution in [0.2, 0.25) is 0 Å². The fourth-order valence-electron chi connectivity index (χ4n) is 3.28. The van der Waals surface area contributed by atoms with E-state index >= 15 is 0 Å². The summed E-state index contributed by atoms with van der Waals surface area (Å²) in [6.07, 6.45) is 1.59. The highest BCUT2D eigenvalue weighted by molar-refractivity contribution is 5.97. The van der Waals surface area contributed by atoms with Gasteiger partial charge in [-0.25, -0.2) is 14.5 Å². The van der Waals surface area contributed by atoms with Crippen LogP contribution in [-0.2, 0) is 4.79 Å². The predicted molar refractivity (Wildman–Crippen MR) is 87.8 cm³/mol. The molecule has 0 spiro atoms. The van der Waals surface area contributed by atoms with Gasteiger partial charge >= 0.3 is 0 Å². The zero-order valence-electron chi connectivity index (χ0n) is 13.6. The largest absolute Gasteiger partial charge is 0.443 e. The van der Waals surface area contributed by atoms with Crippen LogP contribution < -0.4 is 4.74 Å². The van der Waals surface area contributed by atoms with Crippen molar-refractivity contribution in [1.29, 1.82) is 0 Å². The maximum Gasteiger partial charge on any atom is 0.228 e. The van der Waals surface area contributed by atoms with Crippen molar-refractivity contribution in [1.82, 2.24) is 19.6 Å². The van der Waals surface area contributed by atoms with Gasteiger partial charge in [0.1, 0.15) is 17.9 Å². The number of aryl methyl sites for hydroxylation is 1. The lowest BCUT2D eigenvalue weighted by atomic mass is 9.82. The second kappa shape index (κ2) is 5.26. The van der Waals surface area contributed by atoms with Gasteiger partial charge in [0.25, 0.3) is 0 Å². The molecule has 3 heterocycles. The molecular formula is C18H16N4O2. The summed E-state index contributed by atoms with van der Waals surface area (Å²) in [5, 5.41) is 4.32. The molecule has 0 unspecified atom stereocenters. The number of benzene rings is 1. The first-order valence-electron chi connectivity index (χ1n) is 7.72. The number of rotatable bonds is 2. The third-order valence-electron chi connectivity index (χ3n) is 4.21. The molecule has 1 atom stereocenters. The van der Waals surface area contributed by atoms with Crippen LogP contribution in [0, 0.1) is 6.92 Å². The molecule has 0 bridgehead atoms. The summed E-state index contributed by atoms with van der Waals surface area (Å²) in [7, 11) is 0. The first kappa shape index (κ1) is 14.6. The summed E-state index contributed by atoms with van der Waals surface area (Å²) in [5.74, 6) is 1.41. The van der Waals surface area contributed by atoms with Gasteiger partial charge in [-0.3, -0.25) is 4.79 Å². The van der Waals surface area contributed by atoms with Crippen molar-refractivity contribution >= 4 is 11.4 Å². The van der Waals surface area contributed by atoms with E-state index < -0.39 is 0 Å². The Morgan fingerprint density at radius 1 is 1.21 bits per heavy atom. The fraction of sp³-hybridized carbons (Fsp3) is 0.222. The lowest BCUT2D eigenvalue weighted by Gasteiger charge is -2.28. The minimum absolute atomic E-state index is 0.0229. The first-order valence-corrected chi connectivity index (χ1v) is 7.72. The third kappa shape index (κ3) is 2.11. The topological polar surface area (TPSA) is 69.4 Å². The van der Waals surface area contributed by atoms with E-state index in [9.17, 15) is 4.79 Å².